The van der Waals surface area contributed by atoms with Crippen LogP contribution in [0.4, 0.5) is 0 Å². The predicted octanol–water partition coefficient (Wildman–Crippen LogP) is 2.52. The normalized spacial score (nSPS) is 31.7. The van der Waals surface area contributed by atoms with Crippen molar-refractivity contribution in [3.63, 3.8) is 0 Å². The van der Waals surface area contributed by atoms with Crippen molar-refractivity contribution in [2.75, 3.05) is 20.1 Å². The molecular weight excluding hydrogens is 312 g/mol. The zero-order chi connectivity index (χ0) is 17.2. The van der Waals surface area contributed by atoms with Crippen molar-refractivity contribution in [1.82, 2.24) is 15.5 Å². The van der Waals surface area contributed by atoms with Gasteiger partial charge in [-0.3, -0.25) is 9.79 Å². The fraction of sp³-hybridized carbons (Fsp3) is 0.900. The van der Waals surface area contributed by atoms with Gasteiger partial charge in [0.15, 0.2) is 5.96 Å². The molecular formula is C20H34N4O. The van der Waals surface area contributed by atoms with E-state index in [-0.39, 0.29) is 0 Å². The molecule has 2 atom stereocenters. The molecule has 0 aromatic carbocycles. The molecule has 1 amide bonds. The number of nitrogens with zero attached hydrogens (tertiary/aromatic N) is 2. The Balaban J connectivity index is 1.19. The minimum atomic E-state index is 0.352. The number of hydrogen-bond acceptors (Lipinski definition) is 2. The molecule has 0 radical (unpaired) electrons. The smallest absolute Gasteiger partial charge is 0.225 e. The highest BCUT2D eigenvalue weighted by Gasteiger charge is 2.43. The van der Waals surface area contributed by atoms with Crippen LogP contribution in [0.1, 0.15) is 64.2 Å². The third-order valence-electron chi connectivity index (χ3n) is 6.71. The maximum atomic E-state index is 12.2. The van der Waals surface area contributed by atoms with E-state index in [0.29, 0.717) is 23.9 Å². The number of carbonyl (C=O) groups excluding carboxylic acids is 1. The SMILES string of the molecule is CN=C(NC1CCN(C(=O)C2CC2)CC1)NC1CC1C1CCCCC1. The minimum Gasteiger partial charge on any atom is -0.354 e. The molecule has 5 nitrogen and oxygen atoms in total. The van der Waals surface area contributed by atoms with Gasteiger partial charge in [0.25, 0.3) is 0 Å². The standard InChI is InChI=1S/C20H34N4O/c1-21-20(23-18-13-17(18)14-5-3-2-4-6-14)22-16-9-11-24(12-10-16)19(25)15-7-8-15/h14-18H,2-13H2,1H3,(H2,21,22,23). The first-order valence-corrected chi connectivity index (χ1v) is 10.5. The van der Waals surface area contributed by atoms with Gasteiger partial charge in [-0.1, -0.05) is 32.1 Å². The second-order valence-corrected chi connectivity index (χ2v) is 8.64. The van der Waals surface area contributed by atoms with Gasteiger partial charge in [0.1, 0.15) is 0 Å². The molecule has 4 fully saturated rings. The van der Waals surface area contributed by atoms with Gasteiger partial charge in [-0.25, -0.2) is 0 Å². The number of aliphatic imine (C=N–C) groups is 1. The van der Waals surface area contributed by atoms with E-state index in [1.54, 1.807) is 0 Å². The first-order chi connectivity index (χ1) is 12.2. The van der Waals surface area contributed by atoms with E-state index in [2.05, 4.69) is 20.5 Å². The number of amides is 1. The lowest BCUT2D eigenvalue weighted by Crippen LogP contribution is -2.50. The van der Waals surface area contributed by atoms with Crippen molar-refractivity contribution in [3.8, 4) is 0 Å². The summed E-state index contributed by atoms with van der Waals surface area (Å²) in [5.41, 5.74) is 0. The van der Waals surface area contributed by atoms with Gasteiger partial charge in [0.2, 0.25) is 5.91 Å². The fourth-order valence-electron chi connectivity index (χ4n) is 4.84. The average Bonchev–Trinajstić information content (AvgIpc) is 3.56. The second-order valence-electron chi connectivity index (χ2n) is 8.64. The van der Waals surface area contributed by atoms with E-state index >= 15 is 0 Å². The van der Waals surface area contributed by atoms with Crippen LogP contribution in [0.25, 0.3) is 0 Å². The maximum Gasteiger partial charge on any atom is 0.225 e. The molecule has 3 aliphatic carbocycles. The van der Waals surface area contributed by atoms with Crippen LogP contribution in [-0.4, -0.2) is 49.0 Å². The molecule has 2 N–H and O–H groups in total. The number of hydrogen-bond donors (Lipinski definition) is 2. The summed E-state index contributed by atoms with van der Waals surface area (Å²) in [4.78, 5) is 18.7. The largest absolute Gasteiger partial charge is 0.354 e. The summed E-state index contributed by atoms with van der Waals surface area (Å²) in [5.74, 6) is 3.54. The Morgan fingerprint density at radius 1 is 0.960 bits per heavy atom. The number of piperidine rings is 1. The molecule has 0 aromatic heterocycles. The van der Waals surface area contributed by atoms with Crippen molar-refractivity contribution in [3.05, 3.63) is 0 Å². The molecule has 5 heteroatoms. The van der Waals surface area contributed by atoms with Crippen molar-refractivity contribution in [1.29, 1.82) is 0 Å². The highest BCUT2D eigenvalue weighted by molar-refractivity contribution is 5.82. The van der Waals surface area contributed by atoms with Crippen LogP contribution in [0.3, 0.4) is 0 Å². The van der Waals surface area contributed by atoms with Crippen molar-refractivity contribution in [2.24, 2.45) is 22.7 Å². The highest BCUT2D eigenvalue weighted by Crippen LogP contribution is 2.44. The third kappa shape index (κ3) is 4.29. The average molecular weight is 347 g/mol. The Morgan fingerprint density at radius 3 is 2.32 bits per heavy atom. The maximum absolute atomic E-state index is 12.2. The number of rotatable bonds is 4. The highest BCUT2D eigenvalue weighted by atomic mass is 16.2. The summed E-state index contributed by atoms with van der Waals surface area (Å²) in [5, 5.41) is 7.26. The monoisotopic (exact) mass is 346 g/mol. The summed E-state index contributed by atoms with van der Waals surface area (Å²) >= 11 is 0. The number of guanidine groups is 1. The van der Waals surface area contributed by atoms with Gasteiger partial charge >= 0.3 is 0 Å². The van der Waals surface area contributed by atoms with E-state index in [1.165, 1.54) is 38.5 Å². The lowest BCUT2D eigenvalue weighted by Gasteiger charge is -2.33. The van der Waals surface area contributed by atoms with Crippen LogP contribution in [0, 0.1) is 17.8 Å². The zero-order valence-corrected chi connectivity index (χ0v) is 15.7. The quantitative estimate of drug-likeness (QED) is 0.607. The van der Waals surface area contributed by atoms with Crippen molar-refractivity contribution < 1.29 is 4.79 Å². The van der Waals surface area contributed by atoms with Gasteiger partial charge in [-0.2, -0.15) is 0 Å². The van der Waals surface area contributed by atoms with E-state index < -0.39 is 0 Å². The lowest BCUT2D eigenvalue weighted by atomic mass is 9.85. The Morgan fingerprint density at radius 2 is 1.68 bits per heavy atom. The van der Waals surface area contributed by atoms with Crippen LogP contribution in [0.15, 0.2) is 4.99 Å². The minimum absolute atomic E-state index is 0.352. The second kappa shape index (κ2) is 7.55. The van der Waals surface area contributed by atoms with Crippen LogP contribution in [0.2, 0.25) is 0 Å². The summed E-state index contributed by atoms with van der Waals surface area (Å²) in [6, 6.07) is 1.08. The molecule has 0 aromatic rings. The van der Waals surface area contributed by atoms with E-state index in [4.69, 9.17) is 0 Å². The van der Waals surface area contributed by atoms with Crippen LogP contribution in [0.5, 0.6) is 0 Å². The first-order valence-electron chi connectivity index (χ1n) is 10.5. The molecule has 0 bridgehead atoms. The summed E-state index contributed by atoms with van der Waals surface area (Å²) < 4.78 is 0. The van der Waals surface area contributed by atoms with Gasteiger partial charge < -0.3 is 15.5 Å². The molecule has 1 aliphatic heterocycles. The third-order valence-corrected chi connectivity index (χ3v) is 6.71. The van der Waals surface area contributed by atoms with E-state index in [1.807, 2.05) is 7.05 Å². The van der Waals surface area contributed by atoms with Crippen molar-refractivity contribution >= 4 is 11.9 Å². The van der Waals surface area contributed by atoms with Gasteiger partial charge in [-0.05, 0) is 43.9 Å². The van der Waals surface area contributed by atoms with Crippen LogP contribution in [-0.2, 0) is 4.79 Å². The topological polar surface area (TPSA) is 56.7 Å². The predicted molar refractivity (Wildman–Crippen MR) is 100 cm³/mol. The molecule has 3 saturated carbocycles. The molecule has 0 spiro atoms. The van der Waals surface area contributed by atoms with Gasteiger partial charge in [0, 0.05) is 38.1 Å². The molecule has 1 heterocycles. The lowest BCUT2D eigenvalue weighted by molar-refractivity contribution is -0.133. The number of likely N-dealkylation sites (tertiary alicyclic amines) is 1. The van der Waals surface area contributed by atoms with E-state index in [0.717, 1.165) is 56.6 Å². The van der Waals surface area contributed by atoms with Crippen LogP contribution >= 0.6 is 0 Å². The Bertz CT molecular complexity index is 502. The molecule has 140 valence electrons. The van der Waals surface area contributed by atoms with Crippen LogP contribution < -0.4 is 10.6 Å². The van der Waals surface area contributed by atoms with Gasteiger partial charge in [-0.15, -0.1) is 0 Å². The summed E-state index contributed by atoms with van der Waals surface area (Å²) in [6.07, 6.45) is 12.8. The fourth-order valence-corrected chi connectivity index (χ4v) is 4.84. The summed E-state index contributed by atoms with van der Waals surface area (Å²) in [6.45, 7) is 1.80. The Hall–Kier alpha value is -1.26. The number of nitrogens with one attached hydrogen (secondary N) is 2. The molecule has 2 unspecified atom stereocenters. The number of carbonyl (C=O) groups is 1. The Kier molecular flexibility index (Phi) is 5.18. The molecule has 4 rings (SSSR count). The molecule has 25 heavy (non-hydrogen) atoms. The first kappa shape index (κ1) is 17.2. The van der Waals surface area contributed by atoms with E-state index in [9.17, 15) is 4.79 Å². The molecule has 1 saturated heterocycles. The Labute approximate surface area is 152 Å². The molecule has 4 aliphatic rings. The van der Waals surface area contributed by atoms with Gasteiger partial charge in [0.05, 0.1) is 0 Å². The van der Waals surface area contributed by atoms with Crippen molar-refractivity contribution in [2.45, 2.75) is 76.3 Å². The summed E-state index contributed by atoms with van der Waals surface area (Å²) in [7, 11) is 1.87. The zero-order valence-electron chi connectivity index (χ0n) is 15.7.